The number of amides is 1. The molecule has 1 aliphatic heterocycles. The minimum absolute atomic E-state index is 0.0286. The zero-order chi connectivity index (χ0) is 15.4. The second-order valence-electron chi connectivity index (χ2n) is 5.71. The van der Waals surface area contributed by atoms with E-state index in [0.29, 0.717) is 5.76 Å². The van der Waals surface area contributed by atoms with Gasteiger partial charge >= 0.3 is 0 Å². The van der Waals surface area contributed by atoms with Crippen molar-refractivity contribution in [1.82, 2.24) is 4.90 Å². The van der Waals surface area contributed by atoms with Crippen LogP contribution in [0.4, 0.5) is 0 Å². The third-order valence-electron chi connectivity index (χ3n) is 4.19. The number of fused-ring (bicyclic) bond motifs is 1. The molecule has 116 valence electrons. The number of carbonyl (C=O) groups is 1. The fourth-order valence-electron chi connectivity index (χ4n) is 3.09. The molecule has 4 heteroatoms. The number of furan rings is 1. The monoisotopic (exact) mass is 299 g/mol. The van der Waals surface area contributed by atoms with Crippen LogP contribution in [0.25, 0.3) is 17.0 Å². The Kier molecular flexibility index (Phi) is 4.59. The highest BCUT2D eigenvalue weighted by Gasteiger charge is 2.26. The van der Waals surface area contributed by atoms with Crippen LogP contribution in [0, 0.1) is 0 Å². The molecule has 1 aromatic heterocycles. The first-order valence-corrected chi connectivity index (χ1v) is 7.86. The number of hydrogen-bond donors (Lipinski definition) is 1. The van der Waals surface area contributed by atoms with Crippen molar-refractivity contribution in [3.05, 3.63) is 42.2 Å². The smallest absolute Gasteiger partial charge is 0.246 e. The molecule has 0 spiro atoms. The number of likely N-dealkylation sites (tertiary alicyclic amines) is 1. The normalized spacial score (nSPS) is 18.6. The molecular weight excluding hydrogens is 278 g/mol. The maximum atomic E-state index is 12.3. The summed E-state index contributed by atoms with van der Waals surface area (Å²) < 4.78 is 5.68. The van der Waals surface area contributed by atoms with Crippen LogP contribution in [0.2, 0.25) is 0 Å². The van der Waals surface area contributed by atoms with Gasteiger partial charge in [0.05, 0.1) is 0 Å². The topological polar surface area (TPSA) is 53.7 Å². The van der Waals surface area contributed by atoms with Crippen LogP contribution in [-0.4, -0.2) is 35.1 Å². The second-order valence-corrected chi connectivity index (χ2v) is 5.71. The van der Waals surface area contributed by atoms with Crippen molar-refractivity contribution in [1.29, 1.82) is 0 Å². The lowest BCUT2D eigenvalue weighted by atomic mass is 10.1. The molecule has 22 heavy (non-hydrogen) atoms. The van der Waals surface area contributed by atoms with E-state index in [0.717, 1.165) is 43.2 Å². The molecule has 1 saturated heterocycles. The largest absolute Gasteiger partial charge is 0.457 e. The van der Waals surface area contributed by atoms with Crippen LogP contribution < -0.4 is 0 Å². The summed E-state index contributed by atoms with van der Waals surface area (Å²) in [6.07, 6.45) is 7.03. The van der Waals surface area contributed by atoms with Crippen LogP contribution in [0.1, 0.15) is 31.4 Å². The van der Waals surface area contributed by atoms with Gasteiger partial charge in [0.25, 0.3) is 0 Å². The number of carbonyl (C=O) groups excluding carboxylic acids is 1. The summed E-state index contributed by atoms with van der Waals surface area (Å²) in [6, 6.07) is 10.0. The van der Waals surface area contributed by atoms with Crippen molar-refractivity contribution in [2.75, 3.05) is 13.2 Å². The summed E-state index contributed by atoms with van der Waals surface area (Å²) in [5, 5.41) is 9.98. The van der Waals surface area contributed by atoms with Crippen molar-refractivity contribution >= 4 is 23.0 Å². The molecule has 1 N–H and O–H groups in total. The fourth-order valence-corrected chi connectivity index (χ4v) is 3.09. The Morgan fingerprint density at radius 1 is 1.41 bits per heavy atom. The SMILES string of the molecule is O=C(/C=C/c1cc2ccccc2o1)N1CCCC1CCCO. The van der Waals surface area contributed by atoms with E-state index >= 15 is 0 Å². The first-order chi connectivity index (χ1) is 10.8. The standard InChI is InChI=1S/C18H21NO3/c20-12-4-7-15-6-3-11-19(15)18(21)10-9-16-13-14-5-1-2-8-17(14)22-16/h1-2,5,8-10,13,15,20H,3-4,6-7,11-12H2/b10-9+. The Labute approximate surface area is 130 Å². The molecule has 2 aromatic rings. The van der Waals surface area contributed by atoms with Crippen LogP contribution in [0.15, 0.2) is 40.8 Å². The highest BCUT2D eigenvalue weighted by Crippen LogP contribution is 2.23. The van der Waals surface area contributed by atoms with Gasteiger partial charge in [-0.1, -0.05) is 18.2 Å². The zero-order valence-electron chi connectivity index (χ0n) is 12.6. The van der Waals surface area contributed by atoms with E-state index < -0.39 is 0 Å². The molecule has 0 saturated carbocycles. The Balaban J connectivity index is 1.67. The van der Waals surface area contributed by atoms with E-state index in [2.05, 4.69) is 0 Å². The molecule has 1 fully saturated rings. The molecular formula is C18H21NO3. The maximum absolute atomic E-state index is 12.3. The van der Waals surface area contributed by atoms with Gasteiger partial charge in [0.2, 0.25) is 5.91 Å². The fraction of sp³-hybridized carbons (Fsp3) is 0.389. The summed E-state index contributed by atoms with van der Waals surface area (Å²) in [6.45, 7) is 0.993. The molecule has 4 nitrogen and oxygen atoms in total. The maximum Gasteiger partial charge on any atom is 0.246 e. The number of hydrogen-bond acceptors (Lipinski definition) is 3. The molecule has 0 radical (unpaired) electrons. The Hall–Kier alpha value is -2.07. The molecule has 1 atom stereocenters. The number of nitrogens with zero attached hydrogens (tertiary/aromatic N) is 1. The van der Waals surface area contributed by atoms with E-state index in [1.165, 1.54) is 0 Å². The quantitative estimate of drug-likeness (QED) is 0.863. The Morgan fingerprint density at radius 3 is 3.09 bits per heavy atom. The summed E-state index contributed by atoms with van der Waals surface area (Å²) in [5.41, 5.74) is 0.830. The Bertz CT molecular complexity index is 641. The van der Waals surface area contributed by atoms with E-state index in [1.54, 1.807) is 12.2 Å². The van der Waals surface area contributed by atoms with Gasteiger partial charge in [-0.15, -0.1) is 0 Å². The van der Waals surface area contributed by atoms with Crippen molar-refractivity contribution < 1.29 is 14.3 Å². The summed E-state index contributed by atoms with van der Waals surface area (Å²) in [5.74, 6) is 0.724. The van der Waals surface area contributed by atoms with E-state index in [9.17, 15) is 4.79 Å². The van der Waals surface area contributed by atoms with Crippen molar-refractivity contribution in [3.8, 4) is 0 Å². The van der Waals surface area contributed by atoms with E-state index in [4.69, 9.17) is 9.52 Å². The molecule has 1 aliphatic rings. The molecule has 1 unspecified atom stereocenters. The third kappa shape index (κ3) is 3.22. The molecule has 0 bridgehead atoms. The minimum Gasteiger partial charge on any atom is -0.457 e. The van der Waals surface area contributed by atoms with Crippen molar-refractivity contribution in [2.24, 2.45) is 0 Å². The van der Waals surface area contributed by atoms with Crippen LogP contribution in [0.3, 0.4) is 0 Å². The third-order valence-corrected chi connectivity index (χ3v) is 4.19. The highest BCUT2D eigenvalue weighted by atomic mass is 16.3. The summed E-state index contributed by atoms with van der Waals surface area (Å²) in [7, 11) is 0. The van der Waals surface area contributed by atoms with Gasteiger partial charge in [-0.25, -0.2) is 0 Å². The van der Waals surface area contributed by atoms with Crippen LogP contribution >= 0.6 is 0 Å². The number of aliphatic hydroxyl groups is 1. The van der Waals surface area contributed by atoms with Gasteiger partial charge in [-0.2, -0.15) is 0 Å². The summed E-state index contributed by atoms with van der Waals surface area (Å²) >= 11 is 0. The van der Waals surface area contributed by atoms with Crippen molar-refractivity contribution in [3.63, 3.8) is 0 Å². The molecule has 1 amide bonds. The van der Waals surface area contributed by atoms with E-state index in [1.807, 2.05) is 35.2 Å². The lowest BCUT2D eigenvalue weighted by Gasteiger charge is -2.23. The van der Waals surface area contributed by atoms with Gasteiger partial charge in [0.15, 0.2) is 0 Å². The lowest BCUT2D eigenvalue weighted by Crippen LogP contribution is -2.34. The minimum atomic E-state index is 0.0286. The average Bonchev–Trinajstić information content (AvgIpc) is 3.16. The highest BCUT2D eigenvalue weighted by molar-refractivity contribution is 5.92. The first kappa shape index (κ1) is 14.9. The van der Waals surface area contributed by atoms with Gasteiger partial charge < -0.3 is 14.4 Å². The second kappa shape index (κ2) is 6.79. The number of para-hydroxylation sites is 1. The van der Waals surface area contributed by atoms with Gasteiger partial charge in [0.1, 0.15) is 11.3 Å². The molecule has 2 heterocycles. The molecule has 1 aromatic carbocycles. The van der Waals surface area contributed by atoms with Gasteiger partial charge in [0, 0.05) is 30.7 Å². The first-order valence-electron chi connectivity index (χ1n) is 7.86. The van der Waals surface area contributed by atoms with Crippen LogP contribution in [-0.2, 0) is 4.79 Å². The molecule has 0 aliphatic carbocycles. The van der Waals surface area contributed by atoms with Gasteiger partial charge in [-0.3, -0.25) is 4.79 Å². The predicted octanol–water partition coefficient (Wildman–Crippen LogP) is 3.21. The van der Waals surface area contributed by atoms with Crippen LogP contribution in [0.5, 0.6) is 0 Å². The van der Waals surface area contributed by atoms with Gasteiger partial charge in [-0.05, 0) is 43.9 Å². The predicted molar refractivity (Wildman–Crippen MR) is 86.3 cm³/mol. The van der Waals surface area contributed by atoms with E-state index in [-0.39, 0.29) is 18.6 Å². The number of aliphatic hydroxyl groups excluding tert-OH is 1. The number of rotatable bonds is 5. The Morgan fingerprint density at radius 2 is 2.27 bits per heavy atom. The zero-order valence-corrected chi connectivity index (χ0v) is 12.6. The number of benzene rings is 1. The lowest BCUT2D eigenvalue weighted by molar-refractivity contribution is -0.126. The van der Waals surface area contributed by atoms with Crippen molar-refractivity contribution in [2.45, 2.75) is 31.7 Å². The average molecular weight is 299 g/mol. The summed E-state index contributed by atoms with van der Waals surface area (Å²) in [4.78, 5) is 14.3. The molecule has 3 rings (SSSR count).